The lowest BCUT2D eigenvalue weighted by Gasteiger charge is -2.25. The lowest BCUT2D eigenvalue weighted by Crippen LogP contribution is -2.49. The van der Waals surface area contributed by atoms with Crippen molar-refractivity contribution in [3.8, 4) is 0 Å². The van der Waals surface area contributed by atoms with Crippen molar-refractivity contribution in [3.63, 3.8) is 0 Å². The van der Waals surface area contributed by atoms with Crippen LogP contribution < -0.4 is 10.6 Å². The van der Waals surface area contributed by atoms with E-state index in [1.165, 1.54) is 6.92 Å². The Morgan fingerprint density at radius 1 is 1.37 bits per heavy atom. The maximum Gasteiger partial charge on any atom is 0.315 e. The third-order valence-corrected chi connectivity index (χ3v) is 4.27. The molecular formula is C11H20N2O5S. The zero-order valence-electron chi connectivity index (χ0n) is 10.8. The summed E-state index contributed by atoms with van der Waals surface area (Å²) in [6, 6.07) is -0.453. The molecule has 0 spiro atoms. The molecule has 0 saturated carbocycles. The number of carbonyl (C=O) groups is 2. The smallest absolute Gasteiger partial charge is 0.315 e. The maximum absolute atomic E-state index is 11.6. The number of nitrogens with one attached hydrogen (secondary N) is 2. The summed E-state index contributed by atoms with van der Waals surface area (Å²) < 4.78 is 11.1. The van der Waals surface area contributed by atoms with Gasteiger partial charge in [0.2, 0.25) is 0 Å². The van der Waals surface area contributed by atoms with Crippen molar-refractivity contribution in [3.05, 3.63) is 0 Å². The summed E-state index contributed by atoms with van der Waals surface area (Å²) in [5.74, 6) is 0.0468. The summed E-state index contributed by atoms with van der Waals surface area (Å²) in [5.41, 5.74) is -1.47. The molecule has 8 heteroatoms. The van der Waals surface area contributed by atoms with E-state index in [0.29, 0.717) is 24.3 Å². The first kappa shape index (κ1) is 15.9. The largest absolute Gasteiger partial charge is 0.481 e. The van der Waals surface area contributed by atoms with Crippen molar-refractivity contribution in [2.45, 2.75) is 37.8 Å². The van der Waals surface area contributed by atoms with Crippen LogP contribution in [-0.2, 0) is 15.6 Å². The van der Waals surface area contributed by atoms with Crippen LogP contribution >= 0.6 is 0 Å². The summed E-state index contributed by atoms with van der Waals surface area (Å²) in [4.78, 5) is 22.1. The van der Waals surface area contributed by atoms with E-state index in [4.69, 9.17) is 5.11 Å². The second kappa shape index (κ2) is 6.85. The Hall–Kier alpha value is -1.15. The topological polar surface area (TPSA) is 116 Å². The molecule has 2 amide bonds. The first-order valence-electron chi connectivity index (χ1n) is 6.12. The van der Waals surface area contributed by atoms with Crippen LogP contribution in [0, 0.1) is 0 Å². The highest BCUT2D eigenvalue weighted by atomic mass is 32.2. The Balaban J connectivity index is 2.27. The molecule has 19 heavy (non-hydrogen) atoms. The molecule has 7 nitrogen and oxygen atoms in total. The quantitative estimate of drug-likeness (QED) is 0.541. The van der Waals surface area contributed by atoms with Crippen molar-refractivity contribution in [2.24, 2.45) is 0 Å². The number of rotatable bonds is 5. The van der Waals surface area contributed by atoms with Crippen LogP contribution in [0.25, 0.3) is 0 Å². The number of carboxylic acid groups (broad SMARTS) is 1. The van der Waals surface area contributed by atoms with Gasteiger partial charge in [0.1, 0.15) is 0 Å². The third kappa shape index (κ3) is 6.53. The van der Waals surface area contributed by atoms with Crippen LogP contribution in [0.15, 0.2) is 0 Å². The number of urea groups is 1. The minimum absolute atomic E-state index is 0.0119. The number of hydrogen-bond donors (Lipinski definition) is 4. The second-order valence-corrected chi connectivity index (χ2v) is 6.71. The van der Waals surface area contributed by atoms with Crippen molar-refractivity contribution in [1.82, 2.24) is 10.6 Å². The molecule has 110 valence electrons. The summed E-state index contributed by atoms with van der Waals surface area (Å²) in [5, 5.41) is 23.5. The van der Waals surface area contributed by atoms with Gasteiger partial charge in [-0.1, -0.05) is 0 Å². The Bertz CT molecular complexity index is 362. The van der Waals surface area contributed by atoms with Crippen LogP contribution in [-0.4, -0.2) is 56.1 Å². The number of hydrogen-bond acceptors (Lipinski definition) is 4. The Labute approximate surface area is 114 Å². The van der Waals surface area contributed by atoms with Crippen LogP contribution in [0.5, 0.6) is 0 Å². The minimum Gasteiger partial charge on any atom is -0.481 e. The van der Waals surface area contributed by atoms with Gasteiger partial charge in [0.25, 0.3) is 0 Å². The number of amides is 2. The van der Waals surface area contributed by atoms with Gasteiger partial charge in [0, 0.05) is 34.9 Å². The van der Waals surface area contributed by atoms with Gasteiger partial charge in [-0.2, -0.15) is 0 Å². The molecule has 1 unspecified atom stereocenters. The Morgan fingerprint density at radius 3 is 2.47 bits per heavy atom. The number of carboxylic acids is 1. The monoisotopic (exact) mass is 292 g/mol. The van der Waals surface area contributed by atoms with E-state index < -0.39 is 34.8 Å². The molecular weight excluding hydrogens is 272 g/mol. The number of aliphatic hydroxyl groups is 1. The fraction of sp³-hybridized carbons (Fsp3) is 0.818. The van der Waals surface area contributed by atoms with Gasteiger partial charge < -0.3 is 20.8 Å². The van der Waals surface area contributed by atoms with Gasteiger partial charge in [-0.3, -0.25) is 9.00 Å². The average Bonchev–Trinajstić information content (AvgIpc) is 2.28. The first-order chi connectivity index (χ1) is 8.78. The summed E-state index contributed by atoms with van der Waals surface area (Å²) >= 11 is 0. The minimum atomic E-state index is -1.47. The normalized spacial score (nSPS) is 26.2. The molecule has 1 atom stereocenters. The van der Waals surface area contributed by atoms with Crippen molar-refractivity contribution in [1.29, 1.82) is 0 Å². The highest BCUT2D eigenvalue weighted by molar-refractivity contribution is 7.85. The highest BCUT2D eigenvalue weighted by Gasteiger charge is 2.25. The summed E-state index contributed by atoms with van der Waals surface area (Å²) in [7, 11) is -0.777. The predicted octanol–water partition coefficient (Wildman–Crippen LogP) is -0.578. The van der Waals surface area contributed by atoms with Gasteiger partial charge in [-0.15, -0.1) is 0 Å². The molecule has 0 aromatic rings. The van der Waals surface area contributed by atoms with Gasteiger partial charge >= 0.3 is 12.0 Å². The van der Waals surface area contributed by atoms with Crippen LogP contribution in [0.3, 0.4) is 0 Å². The van der Waals surface area contributed by atoms with E-state index in [1.54, 1.807) is 0 Å². The number of aliphatic carboxylic acids is 1. The van der Waals surface area contributed by atoms with Crippen molar-refractivity contribution >= 4 is 22.8 Å². The molecule has 1 aliphatic rings. The van der Waals surface area contributed by atoms with E-state index in [1.807, 2.05) is 0 Å². The fourth-order valence-electron chi connectivity index (χ4n) is 1.83. The zero-order valence-corrected chi connectivity index (χ0v) is 11.7. The zero-order chi connectivity index (χ0) is 14.5. The fourth-order valence-corrected chi connectivity index (χ4v) is 3.13. The van der Waals surface area contributed by atoms with Crippen LogP contribution in [0.2, 0.25) is 0 Å². The van der Waals surface area contributed by atoms with Crippen molar-refractivity contribution in [2.75, 3.05) is 18.1 Å². The van der Waals surface area contributed by atoms with Crippen molar-refractivity contribution < 1.29 is 24.0 Å². The van der Waals surface area contributed by atoms with Gasteiger partial charge in [0.15, 0.2) is 0 Å². The Morgan fingerprint density at radius 2 is 1.95 bits per heavy atom. The molecule has 1 aliphatic heterocycles. The van der Waals surface area contributed by atoms with E-state index >= 15 is 0 Å². The SMILES string of the molecule is CC(O)(CNC(=O)NC1CCS(=O)CC1)CC(=O)O. The summed E-state index contributed by atoms with van der Waals surface area (Å²) in [6.07, 6.45) is 0.910. The van der Waals surface area contributed by atoms with Crippen LogP contribution in [0.1, 0.15) is 26.2 Å². The molecule has 4 N–H and O–H groups in total. The standard InChI is InChI=1S/C11H20N2O5S/c1-11(17,6-9(14)15)7-12-10(16)13-8-2-4-19(18)5-3-8/h8,17H,2-7H2,1H3,(H,14,15)(H2,12,13,16). The predicted molar refractivity (Wildman–Crippen MR) is 70.3 cm³/mol. The average molecular weight is 292 g/mol. The molecule has 0 aromatic carbocycles. The van der Waals surface area contributed by atoms with Crippen LogP contribution in [0.4, 0.5) is 4.79 Å². The maximum atomic E-state index is 11.6. The molecule has 0 radical (unpaired) electrons. The third-order valence-electron chi connectivity index (χ3n) is 2.89. The second-order valence-electron chi connectivity index (χ2n) is 5.02. The van der Waals surface area contributed by atoms with E-state index in [2.05, 4.69) is 10.6 Å². The lowest BCUT2D eigenvalue weighted by molar-refractivity contribution is -0.141. The molecule has 1 rings (SSSR count). The molecule has 0 aliphatic carbocycles. The van der Waals surface area contributed by atoms with E-state index in [-0.39, 0.29) is 12.6 Å². The van der Waals surface area contributed by atoms with Gasteiger partial charge in [0.05, 0.1) is 12.0 Å². The van der Waals surface area contributed by atoms with E-state index in [0.717, 1.165) is 0 Å². The highest BCUT2D eigenvalue weighted by Crippen LogP contribution is 2.09. The molecule has 1 heterocycles. The van der Waals surface area contributed by atoms with Gasteiger partial charge in [-0.05, 0) is 19.8 Å². The Kier molecular flexibility index (Phi) is 5.74. The molecule has 0 bridgehead atoms. The molecule has 0 aromatic heterocycles. The first-order valence-corrected chi connectivity index (χ1v) is 7.61. The molecule has 1 fully saturated rings. The number of carbonyl (C=O) groups excluding carboxylic acids is 1. The molecule has 1 saturated heterocycles. The van der Waals surface area contributed by atoms with Gasteiger partial charge in [-0.25, -0.2) is 4.79 Å². The summed E-state index contributed by atoms with van der Waals surface area (Å²) in [6.45, 7) is 1.22. The lowest BCUT2D eigenvalue weighted by atomic mass is 10.0. The van der Waals surface area contributed by atoms with E-state index in [9.17, 15) is 18.9 Å².